The second kappa shape index (κ2) is 7.23. The van der Waals surface area contributed by atoms with Crippen LogP contribution in [0.1, 0.15) is 31.2 Å². The summed E-state index contributed by atoms with van der Waals surface area (Å²) in [6.07, 6.45) is 9.30. The zero-order chi connectivity index (χ0) is 14.5. The number of nitrogens with zero attached hydrogens (tertiary/aromatic N) is 3. The monoisotopic (exact) mass is 289 g/mol. The minimum atomic E-state index is 0.450. The Morgan fingerprint density at radius 3 is 2.67 bits per heavy atom. The first-order valence-electron chi connectivity index (χ1n) is 8.32. The van der Waals surface area contributed by atoms with Crippen molar-refractivity contribution < 1.29 is 4.74 Å². The quantitative estimate of drug-likeness (QED) is 0.832. The van der Waals surface area contributed by atoms with Crippen molar-refractivity contribution in [1.82, 2.24) is 9.88 Å². The number of aromatic nitrogens is 1. The average molecular weight is 289 g/mol. The maximum absolute atomic E-state index is 6.08. The van der Waals surface area contributed by atoms with E-state index in [2.05, 4.69) is 27.8 Å². The van der Waals surface area contributed by atoms with Gasteiger partial charge >= 0.3 is 0 Å². The number of hydrogen-bond donors (Lipinski definition) is 0. The molecule has 3 heterocycles. The van der Waals surface area contributed by atoms with Gasteiger partial charge < -0.3 is 14.5 Å². The summed E-state index contributed by atoms with van der Waals surface area (Å²) in [6, 6.07) is 2.13. The second-order valence-corrected chi connectivity index (χ2v) is 6.27. The smallest absolute Gasteiger partial charge is 0.0609 e. The minimum absolute atomic E-state index is 0.450. The molecule has 2 aliphatic heterocycles. The van der Waals surface area contributed by atoms with E-state index in [0.717, 1.165) is 39.1 Å². The van der Waals surface area contributed by atoms with Crippen molar-refractivity contribution in [3.8, 4) is 0 Å². The largest absolute Gasteiger partial charge is 0.377 e. The Bertz CT molecular complexity index is 437. The molecule has 0 N–H and O–H groups in total. The van der Waals surface area contributed by atoms with E-state index in [1.165, 1.54) is 37.2 Å². The lowest BCUT2D eigenvalue weighted by Gasteiger charge is -2.34. The fourth-order valence-electron chi connectivity index (χ4n) is 3.44. The van der Waals surface area contributed by atoms with Gasteiger partial charge in [0.15, 0.2) is 0 Å². The molecule has 0 saturated carbocycles. The molecular weight excluding hydrogens is 262 g/mol. The van der Waals surface area contributed by atoms with Crippen molar-refractivity contribution in [2.24, 2.45) is 0 Å². The summed E-state index contributed by atoms with van der Waals surface area (Å²) in [5, 5.41) is 0. The average Bonchev–Trinajstić information content (AvgIpc) is 3.02. The molecule has 0 amide bonds. The van der Waals surface area contributed by atoms with E-state index in [-0.39, 0.29) is 0 Å². The van der Waals surface area contributed by atoms with E-state index >= 15 is 0 Å². The predicted molar refractivity (Wildman–Crippen MR) is 85.8 cm³/mol. The molecule has 2 saturated heterocycles. The second-order valence-electron chi connectivity index (χ2n) is 6.27. The normalized spacial score (nSPS) is 21.1. The Morgan fingerprint density at radius 2 is 1.95 bits per heavy atom. The van der Waals surface area contributed by atoms with Crippen LogP contribution in [0.15, 0.2) is 18.5 Å². The van der Waals surface area contributed by atoms with Crippen molar-refractivity contribution in [2.75, 3.05) is 44.2 Å². The Labute approximate surface area is 128 Å². The molecule has 4 nitrogen and oxygen atoms in total. The van der Waals surface area contributed by atoms with Gasteiger partial charge in [0.25, 0.3) is 0 Å². The lowest BCUT2D eigenvalue weighted by molar-refractivity contribution is 0.0265. The van der Waals surface area contributed by atoms with E-state index < -0.39 is 0 Å². The Balaban J connectivity index is 1.39. The Kier molecular flexibility index (Phi) is 5.09. The van der Waals surface area contributed by atoms with Gasteiger partial charge in [-0.15, -0.1) is 0 Å². The Hall–Kier alpha value is -1.13. The van der Waals surface area contributed by atoms with Crippen LogP contribution in [0.5, 0.6) is 0 Å². The zero-order valence-electron chi connectivity index (χ0n) is 13.1. The van der Waals surface area contributed by atoms with Crippen LogP contribution >= 0.6 is 0 Å². The van der Waals surface area contributed by atoms with E-state index in [0.29, 0.717) is 6.10 Å². The zero-order valence-corrected chi connectivity index (χ0v) is 13.1. The van der Waals surface area contributed by atoms with E-state index in [1.54, 1.807) is 0 Å². The third-order valence-corrected chi connectivity index (χ3v) is 4.73. The van der Waals surface area contributed by atoms with Gasteiger partial charge in [-0.1, -0.05) is 0 Å². The molecule has 1 aromatic heterocycles. The van der Waals surface area contributed by atoms with Crippen LogP contribution in [0.25, 0.3) is 0 Å². The summed E-state index contributed by atoms with van der Waals surface area (Å²) in [5.41, 5.74) is 2.60. The van der Waals surface area contributed by atoms with Gasteiger partial charge in [-0.25, -0.2) is 0 Å². The first-order valence-corrected chi connectivity index (χ1v) is 8.32. The molecule has 0 radical (unpaired) electrons. The number of rotatable bonds is 5. The predicted octanol–water partition coefficient (Wildman–Crippen LogP) is 2.47. The van der Waals surface area contributed by atoms with Gasteiger partial charge in [-0.3, -0.25) is 4.98 Å². The highest BCUT2D eigenvalue weighted by molar-refractivity contribution is 5.51. The molecule has 4 heteroatoms. The summed E-state index contributed by atoms with van der Waals surface area (Å²) in [5.74, 6) is 0. The third kappa shape index (κ3) is 3.95. The molecule has 2 fully saturated rings. The summed E-state index contributed by atoms with van der Waals surface area (Å²) in [6.45, 7) is 8.88. The maximum atomic E-state index is 6.08. The van der Waals surface area contributed by atoms with Crippen LogP contribution in [-0.2, 0) is 4.74 Å². The molecule has 0 bridgehead atoms. The first-order chi connectivity index (χ1) is 10.3. The molecule has 1 aromatic rings. The number of pyridine rings is 1. The van der Waals surface area contributed by atoms with Crippen LogP contribution in [0.2, 0.25) is 0 Å². The van der Waals surface area contributed by atoms with Crippen molar-refractivity contribution in [3.63, 3.8) is 0 Å². The lowest BCUT2D eigenvalue weighted by atomic mass is 10.1. The fraction of sp³-hybridized carbons (Fsp3) is 0.706. The molecule has 0 unspecified atom stereocenters. The van der Waals surface area contributed by atoms with Crippen molar-refractivity contribution >= 4 is 5.69 Å². The fourth-order valence-corrected chi connectivity index (χ4v) is 3.44. The molecular formula is C17H27N3O. The summed E-state index contributed by atoms with van der Waals surface area (Å²) in [7, 11) is 0. The third-order valence-electron chi connectivity index (χ3n) is 4.73. The topological polar surface area (TPSA) is 28.6 Å². The molecule has 0 spiro atoms. The standard InChI is InChI=1S/C17H27N3O/c1-15-14-18-7-4-17(15)20-10-5-16(6-11-20)21-13-12-19-8-2-3-9-19/h4,7,14,16H,2-3,5-6,8-13H2,1H3. The highest BCUT2D eigenvalue weighted by Crippen LogP contribution is 2.23. The molecule has 116 valence electrons. The number of hydrogen-bond acceptors (Lipinski definition) is 4. The molecule has 2 aliphatic rings. The number of likely N-dealkylation sites (tertiary alicyclic amines) is 1. The van der Waals surface area contributed by atoms with Gasteiger partial charge in [-0.05, 0) is 57.3 Å². The van der Waals surface area contributed by atoms with Crippen LogP contribution < -0.4 is 4.90 Å². The van der Waals surface area contributed by atoms with Crippen molar-refractivity contribution in [2.45, 2.75) is 38.7 Å². The van der Waals surface area contributed by atoms with Gasteiger partial charge in [0.1, 0.15) is 0 Å². The number of anilines is 1. The van der Waals surface area contributed by atoms with E-state index in [1.807, 2.05) is 12.4 Å². The van der Waals surface area contributed by atoms with Gasteiger partial charge in [0, 0.05) is 37.7 Å². The summed E-state index contributed by atoms with van der Waals surface area (Å²) >= 11 is 0. The minimum Gasteiger partial charge on any atom is -0.377 e. The number of ether oxygens (including phenoxy) is 1. The van der Waals surface area contributed by atoms with E-state index in [4.69, 9.17) is 4.74 Å². The van der Waals surface area contributed by atoms with Crippen molar-refractivity contribution in [1.29, 1.82) is 0 Å². The molecule has 0 atom stereocenters. The van der Waals surface area contributed by atoms with Crippen molar-refractivity contribution in [3.05, 3.63) is 24.0 Å². The van der Waals surface area contributed by atoms with Crippen LogP contribution in [0.3, 0.4) is 0 Å². The summed E-state index contributed by atoms with van der Waals surface area (Å²) < 4.78 is 6.08. The molecule has 21 heavy (non-hydrogen) atoms. The SMILES string of the molecule is Cc1cnccc1N1CCC(OCCN2CCCC2)CC1. The molecule has 3 rings (SSSR count). The first kappa shape index (κ1) is 14.8. The Morgan fingerprint density at radius 1 is 1.19 bits per heavy atom. The maximum Gasteiger partial charge on any atom is 0.0609 e. The molecule has 0 aromatic carbocycles. The lowest BCUT2D eigenvalue weighted by Crippen LogP contribution is -2.38. The van der Waals surface area contributed by atoms with E-state index in [9.17, 15) is 0 Å². The number of aryl methyl sites for hydroxylation is 1. The van der Waals surface area contributed by atoms with Crippen LogP contribution in [0.4, 0.5) is 5.69 Å². The van der Waals surface area contributed by atoms with Gasteiger partial charge in [0.05, 0.1) is 12.7 Å². The van der Waals surface area contributed by atoms with Gasteiger partial charge in [-0.2, -0.15) is 0 Å². The number of piperidine rings is 1. The highest BCUT2D eigenvalue weighted by atomic mass is 16.5. The van der Waals surface area contributed by atoms with Gasteiger partial charge in [0.2, 0.25) is 0 Å². The van der Waals surface area contributed by atoms with Crippen LogP contribution in [-0.4, -0.2) is 55.3 Å². The van der Waals surface area contributed by atoms with Crippen LogP contribution in [0, 0.1) is 6.92 Å². The highest BCUT2D eigenvalue weighted by Gasteiger charge is 2.21. The molecule has 0 aliphatic carbocycles. The summed E-state index contributed by atoms with van der Waals surface area (Å²) in [4.78, 5) is 9.17.